The van der Waals surface area contributed by atoms with Crippen molar-refractivity contribution >= 4 is 0 Å². The Hall–Kier alpha value is -0.120. The minimum atomic E-state index is 0.785. The summed E-state index contributed by atoms with van der Waals surface area (Å²) in [5, 5.41) is 3.42. The lowest BCUT2D eigenvalue weighted by molar-refractivity contribution is 0.192. The van der Waals surface area contributed by atoms with Crippen molar-refractivity contribution in [2.24, 2.45) is 5.92 Å². The van der Waals surface area contributed by atoms with Gasteiger partial charge in [-0.25, -0.2) is 0 Å². The van der Waals surface area contributed by atoms with Crippen LogP contribution in [0.4, 0.5) is 0 Å². The zero-order valence-corrected chi connectivity index (χ0v) is 10.9. The molecule has 0 bridgehead atoms. The second kappa shape index (κ2) is 5.99. The third-order valence-corrected chi connectivity index (χ3v) is 4.26. The van der Waals surface area contributed by atoms with Crippen molar-refractivity contribution in [2.75, 3.05) is 45.8 Å². The molecule has 2 atom stereocenters. The van der Waals surface area contributed by atoms with Gasteiger partial charge in [-0.2, -0.15) is 0 Å². The van der Waals surface area contributed by atoms with Crippen LogP contribution in [0.1, 0.15) is 26.7 Å². The highest BCUT2D eigenvalue weighted by atomic mass is 15.2. The molecule has 0 aliphatic carbocycles. The molecule has 0 aromatic rings. The van der Waals surface area contributed by atoms with E-state index >= 15 is 0 Å². The van der Waals surface area contributed by atoms with E-state index in [-0.39, 0.29) is 0 Å². The molecule has 2 rings (SSSR count). The van der Waals surface area contributed by atoms with Crippen LogP contribution in [0.3, 0.4) is 0 Å². The fourth-order valence-corrected chi connectivity index (χ4v) is 2.93. The first-order chi connectivity index (χ1) is 7.79. The Morgan fingerprint density at radius 1 is 1.25 bits per heavy atom. The molecule has 2 aliphatic rings. The second-order valence-electron chi connectivity index (χ2n) is 5.46. The van der Waals surface area contributed by atoms with Gasteiger partial charge in [-0.05, 0) is 32.2 Å². The Bertz CT molecular complexity index is 201. The van der Waals surface area contributed by atoms with Crippen molar-refractivity contribution < 1.29 is 0 Å². The summed E-state index contributed by atoms with van der Waals surface area (Å²) in [6, 6.07) is 0.785. The minimum absolute atomic E-state index is 0.785. The summed E-state index contributed by atoms with van der Waals surface area (Å²) in [6.07, 6.45) is 2.70. The maximum absolute atomic E-state index is 3.42. The summed E-state index contributed by atoms with van der Waals surface area (Å²) < 4.78 is 0. The van der Waals surface area contributed by atoms with Crippen LogP contribution in [-0.2, 0) is 0 Å². The number of rotatable bonds is 4. The van der Waals surface area contributed by atoms with Gasteiger partial charge in [0.25, 0.3) is 0 Å². The summed E-state index contributed by atoms with van der Waals surface area (Å²) in [6.45, 7) is 13.5. The van der Waals surface area contributed by atoms with Gasteiger partial charge in [0.05, 0.1) is 0 Å². The van der Waals surface area contributed by atoms with Gasteiger partial charge in [0.2, 0.25) is 0 Å². The SMILES string of the molecule is CCC(C)N1CCC(CN2CCNCC2)C1. The Kier molecular flexibility index (Phi) is 4.62. The summed E-state index contributed by atoms with van der Waals surface area (Å²) in [5.41, 5.74) is 0. The molecule has 2 fully saturated rings. The lowest BCUT2D eigenvalue weighted by Gasteiger charge is -2.30. The number of hydrogen-bond donors (Lipinski definition) is 1. The molecule has 1 N–H and O–H groups in total. The van der Waals surface area contributed by atoms with E-state index in [0.717, 1.165) is 12.0 Å². The molecule has 2 saturated heterocycles. The highest BCUT2D eigenvalue weighted by molar-refractivity contribution is 4.82. The minimum Gasteiger partial charge on any atom is -0.314 e. The predicted molar refractivity (Wildman–Crippen MR) is 68.7 cm³/mol. The van der Waals surface area contributed by atoms with E-state index in [2.05, 4.69) is 29.0 Å². The molecule has 3 nitrogen and oxygen atoms in total. The van der Waals surface area contributed by atoms with Crippen LogP contribution in [0.5, 0.6) is 0 Å². The zero-order chi connectivity index (χ0) is 11.4. The van der Waals surface area contributed by atoms with Crippen molar-refractivity contribution in [3.05, 3.63) is 0 Å². The lowest BCUT2D eigenvalue weighted by Crippen LogP contribution is -2.45. The van der Waals surface area contributed by atoms with Crippen LogP contribution < -0.4 is 5.32 Å². The number of nitrogens with one attached hydrogen (secondary N) is 1. The molecule has 0 amide bonds. The van der Waals surface area contributed by atoms with E-state index < -0.39 is 0 Å². The van der Waals surface area contributed by atoms with Crippen LogP contribution in [0, 0.1) is 5.92 Å². The van der Waals surface area contributed by atoms with E-state index in [9.17, 15) is 0 Å². The zero-order valence-electron chi connectivity index (χ0n) is 10.9. The fraction of sp³-hybridized carbons (Fsp3) is 1.00. The topological polar surface area (TPSA) is 18.5 Å². The van der Waals surface area contributed by atoms with E-state index in [1.807, 2.05) is 0 Å². The van der Waals surface area contributed by atoms with Gasteiger partial charge >= 0.3 is 0 Å². The number of likely N-dealkylation sites (tertiary alicyclic amines) is 1. The first kappa shape index (κ1) is 12.3. The van der Waals surface area contributed by atoms with Gasteiger partial charge in [-0.3, -0.25) is 0 Å². The molecule has 2 unspecified atom stereocenters. The van der Waals surface area contributed by atoms with Gasteiger partial charge in [0, 0.05) is 45.3 Å². The van der Waals surface area contributed by atoms with Crippen LogP contribution in [0.25, 0.3) is 0 Å². The van der Waals surface area contributed by atoms with E-state index in [1.165, 1.54) is 58.7 Å². The predicted octanol–water partition coefficient (Wildman–Crippen LogP) is 1.01. The van der Waals surface area contributed by atoms with E-state index in [0.29, 0.717) is 0 Å². The highest BCUT2D eigenvalue weighted by Gasteiger charge is 2.26. The third-order valence-electron chi connectivity index (χ3n) is 4.26. The molecule has 94 valence electrons. The van der Waals surface area contributed by atoms with Gasteiger partial charge in [-0.15, -0.1) is 0 Å². The summed E-state index contributed by atoms with van der Waals surface area (Å²) >= 11 is 0. The number of hydrogen-bond acceptors (Lipinski definition) is 3. The molecular formula is C13H27N3. The average Bonchev–Trinajstić information content (AvgIpc) is 2.78. The first-order valence-corrected chi connectivity index (χ1v) is 6.96. The van der Waals surface area contributed by atoms with Crippen molar-refractivity contribution in [3.63, 3.8) is 0 Å². The summed E-state index contributed by atoms with van der Waals surface area (Å²) in [5.74, 6) is 0.923. The number of piperazine rings is 1. The smallest absolute Gasteiger partial charge is 0.0107 e. The average molecular weight is 225 g/mol. The van der Waals surface area contributed by atoms with Crippen LogP contribution in [0.15, 0.2) is 0 Å². The van der Waals surface area contributed by atoms with E-state index in [1.54, 1.807) is 0 Å². The molecule has 0 radical (unpaired) electrons. The van der Waals surface area contributed by atoms with Crippen molar-refractivity contribution in [3.8, 4) is 0 Å². The lowest BCUT2D eigenvalue weighted by atomic mass is 10.1. The second-order valence-corrected chi connectivity index (χ2v) is 5.46. The maximum atomic E-state index is 3.42. The Morgan fingerprint density at radius 3 is 2.69 bits per heavy atom. The van der Waals surface area contributed by atoms with Crippen LogP contribution in [0.2, 0.25) is 0 Å². The van der Waals surface area contributed by atoms with Gasteiger partial charge in [-0.1, -0.05) is 6.92 Å². The quantitative estimate of drug-likeness (QED) is 0.770. The molecule has 0 spiro atoms. The molecule has 2 aliphatic heterocycles. The monoisotopic (exact) mass is 225 g/mol. The van der Waals surface area contributed by atoms with Gasteiger partial charge in [0.1, 0.15) is 0 Å². The third kappa shape index (κ3) is 3.19. The molecule has 0 aromatic carbocycles. The van der Waals surface area contributed by atoms with Crippen LogP contribution >= 0.6 is 0 Å². The number of nitrogens with zero attached hydrogens (tertiary/aromatic N) is 2. The molecule has 3 heteroatoms. The van der Waals surface area contributed by atoms with Crippen molar-refractivity contribution in [1.82, 2.24) is 15.1 Å². The standard InChI is InChI=1S/C13H27N3/c1-3-12(2)16-7-4-13(11-16)10-15-8-5-14-6-9-15/h12-14H,3-11H2,1-2H3. The Balaban J connectivity index is 1.71. The van der Waals surface area contributed by atoms with Gasteiger partial charge in [0.15, 0.2) is 0 Å². The largest absolute Gasteiger partial charge is 0.314 e. The molecule has 16 heavy (non-hydrogen) atoms. The van der Waals surface area contributed by atoms with Gasteiger partial charge < -0.3 is 15.1 Å². The summed E-state index contributed by atoms with van der Waals surface area (Å²) in [4.78, 5) is 5.31. The molecule has 2 heterocycles. The normalized spacial score (nSPS) is 30.8. The molecule has 0 saturated carbocycles. The summed E-state index contributed by atoms with van der Waals surface area (Å²) in [7, 11) is 0. The van der Waals surface area contributed by atoms with Crippen molar-refractivity contribution in [2.45, 2.75) is 32.7 Å². The first-order valence-electron chi connectivity index (χ1n) is 6.96. The Morgan fingerprint density at radius 2 is 2.00 bits per heavy atom. The van der Waals surface area contributed by atoms with E-state index in [4.69, 9.17) is 0 Å². The van der Waals surface area contributed by atoms with Crippen molar-refractivity contribution in [1.29, 1.82) is 0 Å². The molecule has 0 aromatic heterocycles. The fourth-order valence-electron chi connectivity index (χ4n) is 2.93. The highest BCUT2D eigenvalue weighted by Crippen LogP contribution is 2.20. The molecular weight excluding hydrogens is 198 g/mol. The maximum Gasteiger partial charge on any atom is 0.0107 e. The van der Waals surface area contributed by atoms with Crippen LogP contribution in [-0.4, -0.2) is 61.7 Å². The Labute approximate surface area is 100 Å².